The first-order chi connectivity index (χ1) is 9.23. The second-order valence-corrected chi connectivity index (χ2v) is 5.83. The fourth-order valence-electron chi connectivity index (χ4n) is 3.54. The molecule has 1 aromatic heterocycles. The minimum atomic E-state index is -0.445. The molecular weight excluding hydrogens is 240 g/mol. The number of piperidine rings is 1. The third-order valence-electron chi connectivity index (χ3n) is 4.73. The fraction of sp³-hybridized carbons (Fsp3) is 0.714. The van der Waals surface area contributed by atoms with Crippen molar-refractivity contribution in [2.45, 2.75) is 44.2 Å². The molecule has 1 aliphatic heterocycles. The van der Waals surface area contributed by atoms with E-state index in [-0.39, 0.29) is 0 Å². The lowest BCUT2D eigenvalue weighted by molar-refractivity contribution is -0.0614. The van der Waals surface area contributed by atoms with E-state index in [0.717, 1.165) is 50.2 Å². The minimum Gasteiger partial charge on any atom is -0.389 e. The third kappa shape index (κ3) is 2.32. The number of rotatable bonds is 2. The summed E-state index contributed by atoms with van der Waals surface area (Å²) in [5.41, 5.74) is 6.36. The standard InChI is InChI=1S/C14H22N4O/c15-9-11-4-7-16-17-13(11)18-8-6-14(19)5-2-1-3-12(14)10-18/h4,7,12,19H,1-3,5-6,8-10,15H2. The van der Waals surface area contributed by atoms with Gasteiger partial charge in [-0.05, 0) is 25.3 Å². The largest absolute Gasteiger partial charge is 0.389 e. The Bertz CT molecular complexity index is 453. The zero-order chi connectivity index (χ0) is 13.3. The maximum atomic E-state index is 10.7. The van der Waals surface area contributed by atoms with Gasteiger partial charge in [0, 0.05) is 31.1 Å². The molecular formula is C14H22N4O. The van der Waals surface area contributed by atoms with Gasteiger partial charge < -0.3 is 15.7 Å². The third-order valence-corrected chi connectivity index (χ3v) is 4.73. The van der Waals surface area contributed by atoms with Gasteiger partial charge in [0.1, 0.15) is 0 Å². The summed E-state index contributed by atoms with van der Waals surface area (Å²) in [7, 11) is 0. The average molecular weight is 262 g/mol. The van der Waals surface area contributed by atoms with Gasteiger partial charge in [-0.15, -0.1) is 5.10 Å². The van der Waals surface area contributed by atoms with Crippen molar-refractivity contribution >= 4 is 5.82 Å². The first-order valence-corrected chi connectivity index (χ1v) is 7.21. The molecule has 0 amide bonds. The highest BCUT2D eigenvalue weighted by molar-refractivity contribution is 5.46. The van der Waals surface area contributed by atoms with Crippen LogP contribution in [0.25, 0.3) is 0 Å². The monoisotopic (exact) mass is 262 g/mol. The Balaban J connectivity index is 1.81. The molecule has 0 radical (unpaired) electrons. The number of nitrogens with two attached hydrogens (primary N) is 1. The fourth-order valence-corrected chi connectivity index (χ4v) is 3.54. The normalized spacial score (nSPS) is 31.1. The Labute approximate surface area is 113 Å². The predicted octanol–water partition coefficient (Wildman–Crippen LogP) is 1.07. The van der Waals surface area contributed by atoms with Crippen LogP contribution in [-0.4, -0.2) is 34.0 Å². The van der Waals surface area contributed by atoms with Crippen molar-refractivity contribution in [1.29, 1.82) is 0 Å². The summed E-state index contributed by atoms with van der Waals surface area (Å²) in [6.45, 7) is 2.21. The molecule has 2 unspecified atom stereocenters. The lowest BCUT2D eigenvalue weighted by Crippen LogP contribution is -2.53. The average Bonchev–Trinajstić information content (AvgIpc) is 2.46. The molecule has 0 aromatic carbocycles. The van der Waals surface area contributed by atoms with E-state index < -0.39 is 5.60 Å². The molecule has 2 fully saturated rings. The van der Waals surface area contributed by atoms with Crippen LogP contribution >= 0.6 is 0 Å². The molecule has 1 saturated carbocycles. The van der Waals surface area contributed by atoms with E-state index in [1.807, 2.05) is 6.07 Å². The maximum absolute atomic E-state index is 10.7. The van der Waals surface area contributed by atoms with Crippen molar-refractivity contribution in [1.82, 2.24) is 10.2 Å². The highest BCUT2D eigenvalue weighted by Crippen LogP contribution is 2.40. The summed E-state index contributed by atoms with van der Waals surface area (Å²) in [4.78, 5) is 2.25. The van der Waals surface area contributed by atoms with Crippen LogP contribution in [0.1, 0.15) is 37.7 Å². The van der Waals surface area contributed by atoms with E-state index in [9.17, 15) is 5.11 Å². The molecule has 5 nitrogen and oxygen atoms in total. The van der Waals surface area contributed by atoms with Gasteiger partial charge in [0.15, 0.2) is 5.82 Å². The summed E-state index contributed by atoms with van der Waals surface area (Å²) < 4.78 is 0. The molecule has 19 heavy (non-hydrogen) atoms. The van der Waals surface area contributed by atoms with Crippen molar-refractivity contribution in [3.63, 3.8) is 0 Å². The SMILES string of the molecule is NCc1ccnnc1N1CCC2(O)CCCCC2C1. The summed E-state index contributed by atoms with van der Waals surface area (Å²) >= 11 is 0. The van der Waals surface area contributed by atoms with Gasteiger partial charge in [-0.1, -0.05) is 12.8 Å². The molecule has 3 rings (SSSR count). The zero-order valence-corrected chi connectivity index (χ0v) is 11.3. The van der Waals surface area contributed by atoms with Crippen molar-refractivity contribution < 1.29 is 5.11 Å². The van der Waals surface area contributed by atoms with Crippen molar-refractivity contribution in [3.8, 4) is 0 Å². The maximum Gasteiger partial charge on any atom is 0.155 e. The number of anilines is 1. The van der Waals surface area contributed by atoms with Crippen LogP contribution in [0.3, 0.4) is 0 Å². The predicted molar refractivity (Wildman–Crippen MR) is 73.7 cm³/mol. The summed E-state index contributed by atoms with van der Waals surface area (Å²) in [6.07, 6.45) is 6.98. The molecule has 3 N–H and O–H groups in total. The number of hydrogen-bond donors (Lipinski definition) is 2. The number of aliphatic hydroxyl groups is 1. The van der Waals surface area contributed by atoms with Crippen LogP contribution in [0.5, 0.6) is 0 Å². The zero-order valence-electron chi connectivity index (χ0n) is 11.3. The molecule has 2 heterocycles. The Morgan fingerprint density at radius 3 is 3.16 bits per heavy atom. The molecule has 0 spiro atoms. The molecule has 1 saturated heterocycles. The number of aromatic nitrogens is 2. The number of hydrogen-bond acceptors (Lipinski definition) is 5. The summed E-state index contributed by atoms with van der Waals surface area (Å²) in [5.74, 6) is 1.26. The van der Waals surface area contributed by atoms with E-state index >= 15 is 0 Å². The second kappa shape index (κ2) is 5.06. The van der Waals surface area contributed by atoms with Crippen LogP contribution in [0.4, 0.5) is 5.82 Å². The van der Waals surface area contributed by atoms with E-state index in [1.54, 1.807) is 6.20 Å². The van der Waals surface area contributed by atoms with Crippen LogP contribution in [0, 0.1) is 5.92 Å². The minimum absolute atomic E-state index is 0.364. The van der Waals surface area contributed by atoms with Gasteiger partial charge in [-0.2, -0.15) is 5.10 Å². The summed E-state index contributed by atoms with van der Waals surface area (Å²) in [5, 5.41) is 18.9. The Kier molecular flexibility index (Phi) is 3.41. The van der Waals surface area contributed by atoms with Crippen LogP contribution in [0.2, 0.25) is 0 Å². The van der Waals surface area contributed by atoms with Gasteiger partial charge in [0.2, 0.25) is 0 Å². The van der Waals surface area contributed by atoms with Crippen molar-refractivity contribution in [3.05, 3.63) is 17.8 Å². The highest BCUT2D eigenvalue weighted by atomic mass is 16.3. The molecule has 1 aliphatic carbocycles. The van der Waals surface area contributed by atoms with Crippen LogP contribution < -0.4 is 10.6 Å². The quantitative estimate of drug-likeness (QED) is 0.833. The first-order valence-electron chi connectivity index (χ1n) is 7.21. The van der Waals surface area contributed by atoms with Crippen molar-refractivity contribution in [2.24, 2.45) is 11.7 Å². The van der Waals surface area contributed by atoms with E-state index in [4.69, 9.17) is 5.73 Å². The molecule has 2 atom stereocenters. The van der Waals surface area contributed by atoms with Gasteiger partial charge >= 0.3 is 0 Å². The number of nitrogens with zero attached hydrogens (tertiary/aromatic N) is 3. The molecule has 1 aromatic rings. The molecule has 5 heteroatoms. The van der Waals surface area contributed by atoms with Gasteiger partial charge in [-0.25, -0.2) is 0 Å². The molecule has 104 valence electrons. The Morgan fingerprint density at radius 1 is 1.42 bits per heavy atom. The van der Waals surface area contributed by atoms with E-state index in [0.29, 0.717) is 12.5 Å². The molecule has 0 bridgehead atoms. The van der Waals surface area contributed by atoms with Crippen LogP contribution in [-0.2, 0) is 6.54 Å². The van der Waals surface area contributed by atoms with Gasteiger partial charge in [-0.3, -0.25) is 0 Å². The topological polar surface area (TPSA) is 75.3 Å². The van der Waals surface area contributed by atoms with Crippen molar-refractivity contribution in [2.75, 3.05) is 18.0 Å². The van der Waals surface area contributed by atoms with Crippen LogP contribution in [0.15, 0.2) is 12.3 Å². The Hall–Kier alpha value is -1.20. The van der Waals surface area contributed by atoms with Gasteiger partial charge in [0.25, 0.3) is 0 Å². The van der Waals surface area contributed by atoms with E-state index in [2.05, 4.69) is 15.1 Å². The first kappa shape index (κ1) is 12.8. The smallest absolute Gasteiger partial charge is 0.155 e. The van der Waals surface area contributed by atoms with Gasteiger partial charge in [0.05, 0.1) is 11.8 Å². The lowest BCUT2D eigenvalue weighted by Gasteiger charge is -2.47. The highest BCUT2D eigenvalue weighted by Gasteiger charge is 2.43. The Morgan fingerprint density at radius 2 is 2.32 bits per heavy atom. The van der Waals surface area contributed by atoms with E-state index in [1.165, 1.54) is 6.42 Å². The summed E-state index contributed by atoms with van der Waals surface area (Å²) in [6, 6.07) is 1.93. The number of fused-ring (bicyclic) bond motifs is 1. The second-order valence-electron chi connectivity index (χ2n) is 5.83. The lowest BCUT2D eigenvalue weighted by atomic mass is 9.71. The molecule has 2 aliphatic rings.